The molecule has 2 aromatic heterocycles. The molecule has 0 atom stereocenters. The van der Waals surface area contributed by atoms with Gasteiger partial charge >= 0.3 is 0 Å². The van der Waals surface area contributed by atoms with Crippen LogP contribution in [0.25, 0.3) is 5.65 Å². The highest BCUT2D eigenvalue weighted by molar-refractivity contribution is 5.97. The smallest absolute Gasteiger partial charge is 0.230 e. The molecule has 1 N–H and O–H groups in total. The highest BCUT2D eigenvalue weighted by Crippen LogP contribution is 2.13. The van der Waals surface area contributed by atoms with E-state index < -0.39 is 0 Å². The predicted molar refractivity (Wildman–Crippen MR) is 88.7 cm³/mol. The highest BCUT2D eigenvalue weighted by atomic mass is 16.1. The lowest BCUT2D eigenvalue weighted by Gasteiger charge is -2.05. The van der Waals surface area contributed by atoms with Gasteiger partial charge in [-0.1, -0.05) is 18.2 Å². The number of rotatable bonds is 4. The minimum atomic E-state index is -0.160. The van der Waals surface area contributed by atoms with Crippen LogP contribution in [0, 0.1) is 6.92 Å². The second kappa shape index (κ2) is 6.04. The molecule has 0 fully saturated rings. The number of nitrogens with one attached hydrogen (secondary N) is 1. The quantitative estimate of drug-likeness (QED) is 0.754. The lowest BCUT2D eigenvalue weighted by molar-refractivity contribution is -0.115. The van der Waals surface area contributed by atoms with E-state index in [1.807, 2.05) is 35.9 Å². The number of hydrogen-bond acceptors (Lipinski definition) is 3. The molecule has 5 heteroatoms. The number of anilines is 1. The van der Waals surface area contributed by atoms with Crippen molar-refractivity contribution in [3.8, 4) is 0 Å². The summed E-state index contributed by atoms with van der Waals surface area (Å²) in [6.07, 6.45) is 3.95. The average Bonchev–Trinajstić information content (AvgIpc) is 2.91. The molecule has 5 nitrogen and oxygen atoms in total. The summed E-state index contributed by atoms with van der Waals surface area (Å²) in [5.74, 6) is -0.191. The second-order valence-corrected chi connectivity index (χ2v) is 5.52. The minimum absolute atomic E-state index is 0.0306. The van der Waals surface area contributed by atoms with E-state index in [9.17, 15) is 9.59 Å². The molecule has 1 amide bonds. The van der Waals surface area contributed by atoms with Gasteiger partial charge in [-0.3, -0.25) is 9.59 Å². The number of carbonyl (C=O) groups is 2. The first-order valence-electron chi connectivity index (χ1n) is 7.37. The number of benzene rings is 1. The van der Waals surface area contributed by atoms with Gasteiger partial charge < -0.3 is 9.72 Å². The van der Waals surface area contributed by atoms with E-state index in [1.54, 1.807) is 24.3 Å². The Morgan fingerprint density at radius 1 is 1.22 bits per heavy atom. The lowest BCUT2D eigenvalue weighted by Crippen LogP contribution is -2.14. The summed E-state index contributed by atoms with van der Waals surface area (Å²) in [5, 5.41) is 2.80. The van der Waals surface area contributed by atoms with Crippen LogP contribution in [0.15, 0.2) is 48.8 Å². The zero-order chi connectivity index (χ0) is 16.4. The number of nitrogens with zero attached hydrogens (tertiary/aromatic N) is 2. The van der Waals surface area contributed by atoms with E-state index in [-0.39, 0.29) is 18.1 Å². The number of amides is 1. The SMILES string of the molecule is CC(=O)c1cccc(NC(=O)Cc2cn3cccc(C)c3n2)c1. The molecular weight excluding hydrogens is 290 g/mol. The molecule has 0 aliphatic heterocycles. The van der Waals surface area contributed by atoms with Gasteiger partial charge in [-0.05, 0) is 37.6 Å². The molecule has 2 heterocycles. The van der Waals surface area contributed by atoms with Crippen LogP contribution in [0.4, 0.5) is 5.69 Å². The van der Waals surface area contributed by atoms with Crippen molar-refractivity contribution in [1.29, 1.82) is 0 Å². The van der Waals surface area contributed by atoms with Crippen molar-refractivity contribution in [2.24, 2.45) is 0 Å². The van der Waals surface area contributed by atoms with Crippen LogP contribution in [0.2, 0.25) is 0 Å². The Morgan fingerprint density at radius 2 is 2.04 bits per heavy atom. The fraction of sp³-hybridized carbons (Fsp3) is 0.167. The van der Waals surface area contributed by atoms with Gasteiger partial charge in [0, 0.05) is 23.6 Å². The van der Waals surface area contributed by atoms with Gasteiger partial charge in [0.2, 0.25) is 5.91 Å². The second-order valence-electron chi connectivity index (χ2n) is 5.52. The predicted octanol–water partition coefficient (Wildman–Crippen LogP) is 3.03. The molecule has 0 aliphatic rings. The molecule has 0 radical (unpaired) electrons. The molecule has 116 valence electrons. The van der Waals surface area contributed by atoms with Crippen LogP contribution in [0.1, 0.15) is 28.5 Å². The van der Waals surface area contributed by atoms with Crippen LogP contribution in [0.5, 0.6) is 0 Å². The zero-order valence-electron chi connectivity index (χ0n) is 13.0. The molecule has 3 aromatic rings. The van der Waals surface area contributed by atoms with Crippen molar-refractivity contribution < 1.29 is 9.59 Å². The third-order valence-electron chi connectivity index (χ3n) is 3.62. The number of imidazole rings is 1. The largest absolute Gasteiger partial charge is 0.326 e. The Bertz CT molecular complexity index is 896. The fourth-order valence-corrected chi connectivity index (χ4v) is 2.48. The maximum absolute atomic E-state index is 12.2. The summed E-state index contributed by atoms with van der Waals surface area (Å²) in [4.78, 5) is 28.0. The van der Waals surface area contributed by atoms with Gasteiger partial charge in [-0.25, -0.2) is 4.98 Å². The first kappa shape index (κ1) is 15.0. The standard InChI is InChI=1S/C18H17N3O2/c1-12-5-4-8-21-11-16(20-18(12)21)10-17(23)19-15-7-3-6-14(9-15)13(2)22/h3-9,11H,10H2,1-2H3,(H,19,23). The molecule has 23 heavy (non-hydrogen) atoms. The van der Waals surface area contributed by atoms with Crippen LogP contribution in [-0.2, 0) is 11.2 Å². The van der Waals surface area contributed by atoms with E-state index in [1.165, 1.54) is 6.92 Å². The first-order valence-corrected chi connectivity index (χ1v) is 7.37. The van der Waals surface area contributed by atoms with E-state index in [4.69, 9.17) is 0 Å². The van der Waals surface area contributed by atoms with Crippen LogP contribution < -0.4 is 5.32 Å². The Balaban J connectivity index is 1.74. The van der Waals surface area contributed by atoms with Gasteiger partial charge in [0.05, 0.1) is 12.1 Å². The number of carbonyl (C=O) groups excluding carboxylic acids is 2. The third-order valence-corrected chi connectivity index (χ3v) is 3.62. The van der Waals surface area contributed by atoms with E-state index in [0.29, 0.717) is 16.9 Å². The van der Waals surface area contributed by atoms with E-state index in [0.717, 1.165) is 11.2 Å². The van der Waals surface area contributed by atoms with E-state index in [2.05, 4.69) is 10.3 Å². The summed E-state index contributed by atoms with van der Waals surface area (Å²) < 4.78 is 1.91. The lowest BCUT2D eigenvalue weighted by atomic mass is 10.1. The Kier molecular flexibility index (Phi) is 3.93. The van der Waals surface area contributed by atoms with Gasteiger partial charge in [-0.2, -0.15) is 0 Å². The number of pyridine rings is 1. The minimum Gasteiger partial charge on any atom is -0.326 e. The molecule has 3 rings (SSSR count). The van der Waals surface area contributed by atoms with Gasteiger partial charge in [-0.15, -0.1) is 0 Å². The fourth-order valence-electron chi connectivity index (χ4n) is 2.48. The third kappa shape index (κ3) is 3.29. The number of fused-ring (bicyclic) bond motifs is 1. The maximum atomic E-state index is 12.2. The Labute approximate surface area is 134 Å². The normalized spacial score (nSPS) is 10.7. The van der Waals surface area contributed by atoms with Crippen LogP contribution in [-0.4, -0.2) is 21.1 Å². The molecule has 0 aliphatic carbocycles. The van der Waals surface area contributed by atoms with Crippen molar-refractivity contribution in [3.05, 3.63) is 65.6 Å². The monoisotopic (exact) mass is 307 g/mol. The van der Waals surface area contributed by atoms with E-state index >= 15 is 0 Å². The summed E-state index contributed by atoms with van der Waals surface area (Å²) in [6.45, 7) is 3.49. The summed E-state index contributed by atoms with van der Waals surface area (Å²) in [6, 6.07) is 10.8. The topological polar surface area (TPSA) is 63.5 Å². The molecule has 0 bridgehead atoms. The number of aromatic nitrogens is 2. The maximum Gasteiger partial charge on any atom is 0.230 e. The van der Waals surface area contributed by atoms with Crippen molar-refractivity contribution in [2.45, 2.75) is 20.3 Å². The molecule has 0 saturated heterocycles. The number of hydrogen-bond donors (Lipinski definition) is 1. The van der Waals surface area contributed by atoms with Crippen LogP contribution in [0.3, 0.4) is 0 Å². The first-order chi connectivity index (χ1) is 11.0. The van der Waals surface area contributed by atoms with Crippen molar-refractivity contribution >= 4 is 23.0 Å². The Hall–Kier alpha value is -2.95. The van der Waals surface area contributed by atoms with Crippen LogP contribution >= 0.6 is 0 Å². The molecule has 0 saturated carbocycles. The number of Topliss-reactive ketones (excluding diaryl/α,β-unsaturated/α-hetero) is 1. The molecule has 1 aromatic carbocycles. The Morgan fingerprint density at radius 3 is 2.78 bits per heavy atom. The summed E-state index contributed by atoms with van der Waals surface area (Å²) in [7, 11) is 0. The summed E-state index contributed by atoms with van der Waals surface area (Å²) >= 11 is 0. The number of ketones is 1. The van der Waals surface area contributed by atoms with Gasteiger partial charge in [0.25, 0.3) is 0 Å². The van der Waals surface area contributed by atoms with Gasteiger partial charge in [0.15, 0.2) is 5.78 Å². The molecule has 0 unspecified atom stereocenters. The average molecular weight is 307 g/mol. The highest BCUT2D eigenvalue weighted by Gasteiger charge is 2.10. The van der Waals surface area contributed by atoms with Crippen molar-refractivity contribution in [3.63, 3.8) is 0 Å². The molecular formula is C18H17N3O2. The van der Waals surface area contributed by atoms with Crippen molar-refractivity contribution in [2.75, 3.05) is 5.32 Å². The molecule has 0 spiro atoms. The zero-order valence-corrected chi connectivity index (χ0v) is 13.0. The van der Waals surface area contributed by atoms with Gasteiger partial charge in [0.1, 0.15) is 5.65 Å². The number of aryl methyl sites for hydroxylation is 1. The van der Waals surface area contributed by atoms with Crippen molar-refractivity contribution in [1.82, 2.24) is 9.38 Å². The summed E-state index contributed by atoms with van der Waals surface area (Å²) in [5.41, 5.74) is 3.82.